The molecule has 39 heavy (non-hydrogen) atoms. The van der Waals surface area contributed by atoms with E-state index in [4.69, 9.17) is 18.9 Å². The molecule has 1 aliphatic carbocycles. The van der Waals surface area contributed by atoms with Crippen LogP contribution in [0.15, 0.2) is 63.4 Å². The highest BCUT2D eigenvalue weighted by Gasteiger charge is 2.42. The highest BCUT2D eigenvalue weighted by atomic mass is 79.9. The van der Waals surface area contributed by atoms with Gasteiger partial charge in [0.2, 0.25) is 0 Å². The first-order valence-electron chi connectivity index (χ1n) is 13.0. The van der Waals surface area contributed by atoms with Crippen LogP contribution in [0.5, 0.6) is 17.2 Å². The molecule has 5 rings (SSSR count). The molecule has 2 aliphatic heterocycles. The number of methoxy groups -OCH3 is 2. The summed E-state index contributed by atoms with van der Waals surface area (Å²) in [6, 6.07) is 11.1. The zero-order valence-electron chi connectivity index (χ0n) is 22.2. The van der Waals surface area contributed by atoms with Gasteiger partial charge in [-0.3, -0.25) is 4.79 Å². The zero-order valence-corrected chi connectivity index (χ0v) is 23.8. The summed E-state index contributed by atoms with van der Waals surface area (Å²) >= 11 is 3.40. The second-order valence-corrected chi connectivity index (χ2v) is 10.9. The quantitative estimate of drug-likeness (QED) is 0.417. The van der Waals surface area contributed by atoms with Crippen molar-refractivity contribution in [2.45, 2.75) is 50.5 Å². The molecule has 1 saturated heterocycles. The summed E-state index contributed by atoms with van der Waals surface area (Å²) in [5, 5.41) is 13.8. The molecule has 2 aromatic rings. The summed E-state index contributed by atoms with van der Waals surface area (Å²) < 4.78 is 22.7. The Morgan fingerprint density at radius 3 is 2.64 bits per heavy atom. The van der Waals surface area contributed by atoms with Crippen molar-refractivity contribution >= 4 is 27.7 Å². The molecule has 9 heteroatoms. The van der Waals surface area contributed by atoms with Crippen LogP contribution in [0, 0.1) is 0 Å². The second-order valence-electron chi connectivity index (χ2n) is 10.0. The maximum Gasteiger partial charge on any atom is 0.336 e. The minimum Gasteiger partial charge on any atom is -0.503 e. The Morgan fingerprint density at radius 2 is 1.92 bits per heavy atom. The van der Waals surface area contributed by atoms with E-state index in [1.165, 1.54) is 7.11 Å². The number of ketones is 1. The average molecular weight is 598 g/mol. The summed E-state index contributed by atoms with van der Waals surface area (Å²) in [5.74, 6) is -0.430. The van der Waals surface area contributed by atoms with E-state index in [-0.39, 0.29) is 42.3 Å². The van der Waals surface area contributed by atoms with Crippen LogP contribution in [0.2, 0.25) is 0 Å². The van der Waals surface area contributed by atoms with Crippen molar-refractivity contribution in [1.82, 2.24) is 5.32 Å². The first-order valence-corrected chi connectivity index (χ1v) is 13.8. The number of benzene rings is 2. The van der Waals surface area contributed by atoms with Gasteiger partial charge in [-0.15, -0.1) is 0 Å². The fraction of sp³-hybridized carbons (Fsp3) is 0.400. The Hall–Kier alpha value is -3.30. The lowest BCUT2D eigenvalue weighted by atomic mass is 9.71. The van der Waals surface area contributed by atoms with Crippen molar-refractivity contribution in [3.05, 3.63) is 74.5 Å². The van der Waals surface area contributed by atoms with E-state index < -0.39 is 11.9 Å². The van der Waals surface area contributed by atoms with E-state index >= 15 is 0 Å². The molecule has 3 atom stereocenters. The first-order chi connectivity index (χ1) is 18.8. The molecule has 0 amide bonds. The fourth-order valence-electron chi connectivity index (χ4n) is 5.80. The van der Waals surface area contributed by atoms with Gasteiger partial charge in [0.25, 0.3) is 0 Å². The summed E-state index contributed by atoms with van der Waals surface area (Å²) in [6.07, 6.45) is 2.50. The molecule has 0 radical (unpaired) electrons. The summed E-state index contributed by atoms with van der Waals surface area (Å²) in [5.41, 5.74) is 3.87. The number of hydrogen-bond donors (Lipinski definition) is 2. The molecule has 0 unspecified atom stereocenters. The zero-order chi connectivity index (χ0) is 27.7. The molecule has 0 saturated carbocycles. The number of allylic oxidation sites excluding steroid dienone is 3. The Morgan fingerprint density at radius 1 is 1.15 bits per heavy atom. The number of ether oxygens (including phenoxy) is 4. The molecular formula is C30H32BrNO7. The molecule has 0 spiro atoms. The lowest BCUT2D eigenvalue weighted by molar-refractivity contribution is -0.142. The number of dihydropyridines is 1. The maximum absolute atomic E-state index is 13.9. The number of phenolic OH excluding ortho intramolecular Hbond substituents is 1. The second kappa shape index (κ2) is 11.4. The van der Waals surface area contributed by atoms with Gasteiger partial charge in [-0.1, -0.05) is 18.2 Å². The predicted molar refractivity (Wildman–Crippen MR) is 148 cm³/mol. The number of carbonyl (C=O) groups is 2. The number of carbonyl (C=O) groups excluding carboxylic acids is 2. The summed E-state index contributed by atoms with van der Waals surface area (Å²) in [7, 11) is 3.08. The van der Waals surface area contributed by atoms with E-state index in [0.717, 1.165) is 29.9 Å². The van der Waals surface area contributed by atoms with Gasteiger partial charge >= 0.3 is 5.97 Å². The van der Waals surface area contributed by atoms with E-state index in [2.05, 4.69) is 21.2 Å². The van der Waals surface area contributed by atoms with Crippen LogP contribution in [-0.4, -0.2) is 50.4 Å². The lowest BCUT2D eigenvalue weighted by Gasteiger charge is -2.37. The smallest absolute Gasteiger partial charge is 0.336 e. The van der Waals surface area contributed by atoms with E-state index in [1.54, 1.807) is 19.2 Å². The highest BCUT2D eigenvalue weighted by Crippen LogP contribution is 2.49. The van der Waals surface area contributed by atoms with Gasteiger partial charge in [-0.25, -0.2) is 4.79 Å². The summed E-state index contributed by atoms with van der Waals surface area (Å²) in [6.45, 7) is 2.64. The normalized spacial score (nSPS) is 22.9. The molecule has 0 aromatic heterocycles. The van der Waals surface area contributed by atoms with Crippen LogP contribution >= 0.6 is 15.9 Å². The largest absolute Gasteiger partial charge is 0.503 e. The van der Waals surface area contributed by atoms with Crippen molar-refractivity contribution in [2.24, 2.45) is 0 Å². The highest BCUT2D eigenvalue weighted by molar-refractivity contribution is 9.10. The molecule has 8 nitrogen and oxygen atoms in total. The van der Waals surface area contributed by atoms with Crippen molar-refractivity contribution in [3.63, 3.8) is 0 Å². The van der Waals surface area contributed by atoms with Crippen molar-refractivity contribution < 1.29 is 33.6 Å². The van der Waals surface area contributed by atoms with Crippen molar-refractivity contribution in [1.29, 1.82) is 0 Å². The number of aromatic hydroxyl groups is 1. The number of para-hydroxylation sites is 1. The lowest BCUT2D eigenvalue weighted by Crippen LogP contribution is -2.36. The standard InChI is InChI=1S/C30H32BrNO7/c1-16-26(30(35)39-15-19-7-6-10-38-19)27(18-11-21(31)29(34)25(14-18)37-3)28-22(32-16)12-17(13-23(28)33)20-8-4-5-9-24(20)36-2/h4-5,8-9,11,14,17,19,27,32,34H,6-7,10,12-13,15H2,1-3H3/t17-,19-,27+/m0/s1. The number of hydrogen-bond acceptors (Lipinski definition) is 8. The third-order valence-electron chi connectivity index (χ3n) is 7.65. The van der Waals surface area contributed by atoms with Crippen LogP contribution in [0.25, 0.3) is 0 Å². The van der Waals surface area contributed by atoms with E-state index in [1.807, 2.05) is 31.2 Å². The van der Waals surface area contributed by atoms with E-state index in [9.17, 15) is 14.7 Å². The predicted octanol–water partition coefficient (Wildman–Crippen LogP) is 5.26. The molecule has 2 N–H and O–H groups in total. The van der Waals surface area contributed by atoms with Crippen LogP contribution in [-0.2, 0) is 19.1 Å². The molecule has 3 aliphatic rings. The maximum atomic E-state index is 13.9. The number of halogens is 1. The molecular weight excluding hydrogens is 566 g/mol. The van der Waals surface area contributed by atoms with Gasteiger partial charge in [0.15, 0.2) is 17.3 Å². The van der Waals surface area contributed by atoms with Crippen LogP contribution in [0.1, 0.15) is 55.6 Å². The number of Topliss-reactive ketones (excluding diaryl/α,β-unsaturated/α-hetero) is 1. The van der Waals surface area contributed by atoms with Crippen LogP contribution in [0.4, 0.5) is 0 Å². The van der Waals surface area contributed by atoms with Gasteiger partial charge < -0.3 is 29.4 Å². The Bertz CT molecular complexity index is 1360. The van der Waals surface area contributed by atoms with Crippen molar-refractivity contribution in [3.8, 4) is 17.2 Å². The number of nitrogens with one attached hydrogen (secondary N) is 1. The first kappa shape index (κ1) is 27.3. The molecule has 2 aromatic carbocycles. The van der Waals surface area contributed by atoms with Crippen LogP contribution < -0.4 is 14.8 Å². The van der Waals surface area contributed by atoms with E-state index in [0.29, 0.717) is 39.9 Å². The summed E-state index contributed by atoms with van der Waals surface area (Å²) in [4.78, 5) is 27.5. The minimum absolute atomic E-state index is 0.0567. The van der Waals surface area contributed by atoms with Crippen LogP contribution in [0.3, 0.4) is 0 Å². The topological polar surface area (TPSA) is 103 Å². The minimum atomic E-state index is -0.699. The third-order valence-corrected chi connectivity index (χ3v) is 8.26. The number of esters is 1. The third kappa shape index (κ3) is 5.30. The molecule has 1 fully saturated rings. The fourth-order valence-corrected chi connectivity index (χ4v) is 6.26. The number of phenols is 1. The van der Waals surface area contributed by atoms with Gasteiger partial charge in [0.1, 0.15) is 12.4 Å². The molecule has 2 heterocycles. The average Bonchev–Trinajstić information content (AvgIpc) is 3.46. The Kier molecular flexibility index (Phi) is 8.00. The van der Waals surface area contributed by atoms with Crippen molar-refractivity contribution in [2.75, 3.05) is 27.4 Å². The van der Waals surface area contributed by atoms with Gasteiger partial charge in [-0.05, 0) is 71.4 Å². The SMILES string of the molecule is COc1ccccc1[C@@H]1CC(=O)C2=C(C1)NC(C)=C(C(=O)OC[C@@H]1CCCO1)[C@H]2c1cc(Br)c(O)c(OC)c1. The monoisotopic (exact) mass is 597 g/mol. The Balaban J connectivity index is 1.57. The number of rotatable bonds is 7. The molecule has 0 bridgehead atoms. The Labute approximate surface area is 236 Å². The van der Waals surface area contributed by atoms with Gasteiger partial charge in [-0.2, -0.15) is 0 Å². The molecule has 206 valence electrons. The van der Waals surface area contributed by atoms with Gasteiger partial charge in [0, 0.05) is 41.8 Å². The van der Waals surface area contributed by atoms with Gasteiger partial charge in [0.05, 0.1) is 30.4 Å².